The molecule has 3 heteroatoms. The summed E-state index contributed by atoms with van der Waals surface area (Å²) in [4.78, 5) is 9.97. The number of benzene rings is 1. The number of carboxylic acids is 1. The van der Waals surface area contributed by atoms with E-state index in [4.69, 9.17) is 0 Å². The van der Waals surface area contributed by atoms with Gasteiger partial charge in [0.2, 0.25) is 0 Å². The lowest BCUT2D eigenvalue weighted by molar-refractivity contribution is -0.422. The average Bonchev–Trinajstić information content (AvgIpc) is 2.66. The molecule has 2 rings (SSSR count). The lowest BCUT2D eigenvalue weighted by Gasteiger charge is -1.99. The lowest BCUT2D eigenvalue weighted by Crippen LogP contribution is -2.60. The first kappa shape index (κ1) is 15.4. The first-order chi connectivity index (χ1) is 9.18. The van der Waals surface area contributed by atoms with Crippen LogP contribution >= 0.6 is 0 Å². The summed E-state index contributed by atoms with van der Waals surface area (Å²) in [6.07, 6.45) is 11.0. The van der Waals surface area contributed by atoms with Gasteiger partial charge in [-0.2, -0.15) is 0 Å². The predicted molar refractivity (Wildman–Crippen MR) is 74.9 cm³/mol. The maximum atomic E-state index is 9.97. The Kier molecular flexibility index (Phi) is 7.59. The number of carbonyl (C=O) groups excluding carboxylic acids is 1. The summed E-state index contributed by atoms with van der Waals surface area (Å²) in [5.74, 6) is -1.17. The van der Waals surface area contributed by atoms with E-state index in [1.807, 2.05) is 30.3 Å². The van der Waals surface area contributed by atoms with E-state index in [2.05, 4.69) is 5.73 Å². The molecule has 0 unspecified atom stereocenters. The molecule has 0 atom stereocenters. The molecule has 104 valence electrons. The molecule has 1 saturated carbocycles. The van der Waals surface area contributed by atoms with Crippen LogP contribution in [0.4, 0.5) is 0 Å². The number of carboxylic acid groups (broad SMARTS) is 1. The molecule has 1 aromatic rings. The van der Waals surface area contributed by atoms with Gasteiger partial charge in [-0.05, 0) is 37.3 Å². The van der Waals surface area contributed by atoms with Gasteiger partial charge in [0.1, 0.15) is 0 Å². The lowest BCUT2D eigenvalue weighted by atomic mass is 10.1. The van der Waals surface area contributed by atoms with E-state index in [1.165, 1.54) is 44.6 Å². The number of hydrogen-bond acceptors (Lipinski definition) is 2. The maximum Gasteiger partial charge on any atom is 0.0843 e. The number of quaternary nitrogens is 1. The van der Waals surface area contributed by atoms with E-state index >= 15 is 0 Å². The number of hydrogen-bond donors (Lipinski definition) is 1. The quantitative estimate of drug-likeness (QED) is 0.646. The molecule has 0 saturated heterocycles. The van der Waals surface area contributed by atoms with E-state index in [9.17, 15) is 9.90 Å². The van der Waals surface area contributed by atoms with Gasteiger partial charge >= 0.3 is 0 Å². The predicted octanol–water partition coefficient (Wildman–Crippen LogP) is 1.40. The molecule has 0 heterocycles. The molecule has 0 amide bonds. The highest BCUT2D eigenvalue weighted by molar-refractivity contribution is 5.83. The van der Waals surface area contributed by atoms with Crippen molar-refractivity contribution in [3.05, 3.63) is 42.0 Å². The molecule has 0 radical (unpaired) electrons. The van der Waals surface area contributed by atoms with Gasteiger partial charge in [0, 0.05) is 0 Å². The van der Waals surface area contributed by atoms with Crippen molar-refractivity contribution >= 4 is 12.0 Å². The summed E-state index contributed by atoms with van der Waals surface area (Å²) in [5.41, 5.74) is 4.92. The molecule has 19 heavy (non-hydrogen) atoms. The van der Waals surface area contributed by atoms with Crippen LogP contribution in [0.25, 0.3) is 6.08 Å². The van der Waals surface area contributed by atoms with Crippen molar-refractivity contribution in [2.45, 2.75) is 44.6 Å². The highest BCUT2D eigenvalue weighted by Gasteiger charge is 2.08. The third-order valence-corrected chi connectivity index (χ3v) is 3.19. The fourth-order valence-electron chi connectivity index (χ4n) is 2.09. The molecule has 1 aromatic carbocycles. The minimum atomic E-state index is -1.17. The second-order valence-electron chi connectivity index (χ2n) is 4.92. The third kappa shape index (κ3) is 8.16. The molecule has 1 aliphatic rings. The van der Waals surface area contributed by atoms with E-state index in [1.54, 1.807) is 0 Å². The molecule has 3 N–H and O–H groups in total. The number of carbonyl (C=O) groups is 1. The Hall–Kier alpha value is -1.61. The van der Waals surface area contributed by atoms with Gasteiger partial charge in [-0.15, -0.1) is 0 Å². The van der Waals surface area contributed by atoms with Crippen molar-refractivity contribution in [2.24, 2.45) is 0 Å². The molecule has 0 spiro atoms. The average molecular weight is 261 g/mol. The molecule has 3 nitrogen and oxygen atoms in total. The molecule has 1 aliphatic carbocycles. The number of rotatable bonds is 2. The van der Waals surface area contributed by atoms with Gasteiger partial charge in [-0.1, -0.05) is 49.2 Å². The van der Waals surface area contributed by atoms with Crippen molar-refractivity contribution in [2.75, 3.05) is 0 Å². The van der Waals surface area contributed by atoms with E-state index in [0.29, 0.717) is 0 Å². The summed E-state index contributed by atoms with van der Waals surface area (Å²) in [7, 11) is 0. The minimum Gasteiger partial charge on any atom is -0.545 e. The van der Waals surface area contributed by atoms with Crippen molar-refractivity contribution < 1.29 is 15.6 Å². The van der Waals surface area contributed by atoms with Crippen LogP contribution in [0.3, 0.4) is 0 Å². The van der Waals surface area contributed by atoms with Gasteiger partial charge in [-0.3, -0.25) is 0 Å². The number of aliphatic carboxylic acids is 1. The van der Waals surface area contributed by atoms with Crippen LogP contribution in [-0.2, 0) is 4.79 Å². The molecule has 1 fully saturated rings. The Morgan fingerprint density at radius 2 is 1.68 bits per heavy atom. The molecule has 0 bridgehead atoms. The van der Waals surface area contributed by atoms with Gasteiger partial charge in [0.15, 0.2) is 0 Å². The maximum absolute atomic E-state index is 9.97. The fraction of sp³-hybridized carbons (Fsp3) is 0.438. The van der Waals surface area contributed by atoms with Crippen LogP contribution in [-0.4, -0.2) is 12.0 Å². The Labute approximate surface area is 115 Å². The largest absolute Gasteiger partial charge is 0.545 e. The fourth-order valence-corrected chi connectivity index (χ4v) is 2.09. The minimum absolute atomic E-state index is 0.775. The van der Waals surface area contributed by atoms with Crippen LogP contribution in [0.5, 0.6) is 0 Å². The Morgan fingerprint density at radius 1 is 1.11 bits per heavy atom. The van der Waals surface area contributed by atoms with Crippen LogP contribution in [0.15, 0.2) is 36.4 Å². The molecule has 0 aromatic heterocycles. The zero-order chi connectivity index (χ0) is 13.9. The summed E-state index contributed by atoms with van der Waals surface area (Å²) < 4.78 is 0. The Morgan fingerprint density at radius 3 is 2.21 bits per heavy atom. The first-order valence-electron chi connectivity index (χ1n) is 6.95. The standard InChI is InChI=1S/C9H8O2.C7H15N/c10-9(11)7-6-8-4-2-1-3-5-8;8-7-5-3-1-2-4-6-7/h1-7H,(H,10,11);7H,1-6,8H2/b7-6+;. The van der Waals surface area contributed by atoms with E-state index in [0.717, 1.165) is 17.7 Å². The molecular weight excluding hydrogens is 238 g/mol. The molecule has 0 aliphatic heterocycles. The second kappa shape index (κ2) is 9.34. The van der Waals surface area contributed by atoms with Gasteiger partial charge in [-0.25, -0.2) is 0 Å². The van der Waals surface area contributed by atoms with Gasteiger partial charge in [0.05, 0.1) is 12.0 Å². The highest BCUT2D eigenvalue weighted by Crippen LogP contribution is 2.13. The third-order valence-electron chi connectivity index (χ3n) is 3.19. The normalized spacial score (nSPS) is 16.5. The topological polar surface area (TPSA) is 67.8 Å². The summed E-state index contributed by atoms with van der Waals surface area (Å²) >= 11 is 0. The summed E-state index contributed by atoms with van der Waals surface area (Å²) in [5, 5.41) is 9.97. The second-order valence-corrected chi connectivity index (χ2v) is 4.92. The zero-order valence-corrected chi connectivity index (χ0v) is 11.4. The van der Waals surface area contributed by atoms with Crippen molar-refractivity contribution in [1.82, 2.24) is 0 Å². The monoisotopic (exact) mass is 261 g/mol. The SMILES string of the molecule is O=C([O-])/C=C/c1ccccc1.[NH3+]C1CCCCCC1. The highest BCUT2D eigenvalue weighted by atomic mass is 16.4. The van der Waals surface area contributed by atoms with Gasteiger partial charge in [0.25, 0.3) is 0 Å². The first-order valence-corrected chi connectivity index (χ1v) is 6.95. The van der Waals surface area contributed by atoms with Crippen LogP contribution in [0, 0.1) is 0 Å². The molecular formula is C16H23NO2. The van der Waals surface area contributed by atoms with Crippen LogP contribution in [0.1, 0.15) is 44.1 Å². The van der Waals surface area contributed by atoms with Crippen LogP contribution in [0.2, 0.25) is 0 Å². The van der Waals surface area contributed by atoms with Gasteiger partial charge < -0.3 is 15.6 Å². The Bertz CT molecular complexity index is 379. The van der Waals surface area contributed by atoms with Crippen molar-refractivity contribution in [3.8, 4) is 0 Å². The van der Waals surface area contributed by atoms with E-state index in [-0.39, 0.29) is 0 Å². The summed E-state index contributed by atoms with van der Waals surface area (Å²) in [6, 6.07) is 9.97. The van der Waals surface area contributed by atoms with Crippen LogP contribution < -0.4 is 10.8 Å². The van der Waals surface area contributed by atoms with Crippen molar-refractivity contribution in [3.63, 3.8) is 0 Å². The van der Waals surface area contributed by atoms with Crippen molar-refractivity contribution in [1.29, 1.82) is 0 Å². The smallest absolute Gasteiger partial charge is 0.0843 e. The summed E-state index contributed by atoms with van der Waals surface area (Å²) in [6.45, 7) is 0. The van der Waals surface area contributed by atoms with E-state index < -0.39 is 5.97 Å². The zero-order valence-electron chi connectivity index (χ0n) is 11.4. The Balaban J connectivity index is 0.000000200.